The van der Waals surface area contributed by atoms with Crippen molar-refractivity contribution in [2.45, 2.75) is 6.61 Å². The van der Waals surface area contributed by atoms with Crippen LogP contribution >= 0.6 is 11.5 Å². The van der Waals surface area contributed by atoms with E-state index in [0.29, 0.717) is 19.7 Å². The van der Waals surface area contributed by atoms with Crippen molar-refractivity contribution < 1.29 is 9.53 Å². The van der Waals surface area contributed by atoms with E-state index in [4.69, 9.17) is 4.74 Å². The van der Waals surface area contributed by atoms with Gasteiger partial charge < -0.3 is 14.5 Å². The Hall–Kier alpha value is -3.38. The van der Waals surface area contributed by atoms with Gasteiger partial charge in [0.2, 0.25) is 0 Å². The van der Waals surface area contributed by atoms with E-state index in [2.05, 4.69) is 27.5 Å². The van der Waals surface area contributed by atoms with Gasteiger partial charge in [0.25, 0.3) is 5.91 Å². The zero-order valence-corrected chi connectivity index (χ0v) is 17.9. The number of piperazine rings is 1. The molecule has 0 spiro atoms. The first-order valence-electron chi connectivity index (χ1n) is 10.4. The first-order chi connectivity index (χ1) is 15.3. The molecular weight excluding hydrogens is 406 g/mol. The molecule has 156 valence electrons. The highest BCUT2D eigenvalue weighted by atomic mass is 32.1. The average molecular weight is 430 g/mol. The number of fused-ring (bicyclic) bond motifs is 1. The monoisotopic (exact) mass is 429 g/mol. The second-order valence-electron chi connectivity index (χ2n) is 7.58. The van der Waals surface area contributed by atoms with Gasteiger partial charge in [-0.1, -0.05) is 42.5 Å². The molecule has 1 aromatic heterocycles. The van der Waals surface area contributed by atoms with E-state index in [1.165, 1.54) is 21.6 Å². The molecule has 1 aliphatic heterocycles. The van der Waals surface area contributed by atoms with Gasteiger partial charge in [0, 0.05) is 37.1 Å². The lowest BCUT2D eigenvalue weighted by atomic mass is 10.1. The van der Waals surface area contributed by atoms with Gasteiger partial charge in [-0.15, -0.1) is 0 Å². The average Bonchev–Trinajstić information content (AvgIpc) is 3.28. The van der Waals surface area contributed by atoms with E-state index in [-0.39, 0.29) is 5.91 Å². The van der Waals surface area contributed by atoms with Crippen LogP contribution in [0.4, 0.5) is 5.82 Å². The summed E-state index contributed by atoms with van der Waals surface area (Å²) in [4.78, 5) is 17.2. The molecule has 0 aliphatic carbocycles. The van der Waals surface area contributed by atoms with Crippen molar-refractivity contribution in [1.82, 2.24) is 9.27 Å². The predicted molar refractivity (Wildman–Crippen MR) is 125 cm³/mol. The summed E-state index contributed by atoms with van der Waals surface area (Å²) in [6, 6.07) is 25.8. The topological polar surface area (TPSA) is 45.7 Å². The molecule has 4 aromatic rings. The number of ether oxygens (including phenoxy) is 1. The van der Waals surface area contributed by atoms with Crippen LogP contribution in [0.25, 0.3) is 10.1 Å². The molecule has 31 heavy (non-hydrogen) atoms. The molecule has 1 aliphatic rings. The number of rotatable bonds is 5. The number of carbonyl (C=O) groups excluding carboxylic acids is 1. The third kappa shape index (κ3) is 4.25. The summed E-state index contributed by atoms with van der Waals surface area (Å²) in [5.74, 6) is 1.96. The molecule has 2 heterocycles. The van der Waals surface area contributed by atoms with Crippen molar-refractivity contribution in [1.29, 1.82) is 0 Å². The van der Waals surface area contributed by atoms with E-state index in [9.17, 15) is 4.79 Å². The van der Waals surface area contributed by atoms with E-state index < -0.39 is 0 Å². The van der Waals surface area contributed by atoms with Crippen LogP contribution in [-0.4, -0.2) is 41.4 Å². The minimum absolute atomic E-state index is 0.0818. The fourth-order valence-electron chi connectivity index (χ4n) is 3.83. The van der Waals surface area contributed by atoms with Gasteiger partial charge in [0.1, 0.15) is 18.2 Å². The van der Waals surface area contributed by atoms with Crippen LogP contribution in [0.5, 0.6) is 5.75 Å². The number of para-hydroxylation sites is 1. The van der Waals surface area contributed by atoms with E-state index in [1.807, 2.05) is 65.6 Å². The number of nitrogens with zero attached hydrogens (tertiary/aromatic N) is 3. The first kappa shape index (κ1) is 19.6. The van der Waals surface area contributed by atoms with Crippen molar-refractivity contribution in [2.24, 2.45) is 0 Å². The van der Waals surface area contributed by atoms with E-state index in [1.54, 1.807) is 0 Å². The van der Waals surface area contributed by atoms with Gasteiger partial charge in [-0.05, 0) is 53.5 Å². The van der Waals surface area contributed by atoms with Gasteiger partial charge in [-0.25, -0.2) is 0 Å². The highest BCUT2D eigenvalue weighted by Gasteiger charge is 2.24. The molecule has 0 saturated carbocycles. The molecule has 3 aromatic carbocycles. The third-order valence-corrected chi connectivity index (χ3v) is 6.39. The fraction of sp³-hybridized carbons (Fsp3) is 0.200. The molecule has 0 radical (unpaired) electrons. The number of carbonyl (C=O) groups is 1. The number of hydrogen-bond acceptors (Lipinski definition) is 5. The smallest absolute Gasteiger partial charge is 0.253 e. The van der Waals surface area contributed by atoms with E-state index >= 15 is 0 Å². The number of aromatic nitrogens is 1. The van der Waals surface area contributed by atoms with Crippen molar-refractivity contribution in [3.8, 4) is 5.75 Å². The second kappa shape index (κ2) is 8.78. The SMILES string of the molecule is O=C(c1ccc(COc2ccccc2)cc1)N1CCN(c2nsc3ccccc23)CC1. The summed E-state index contributed by atoms with van der Waals surface area (Å²) in [7, 11) is 0. The molecular formula is C25H23N3O2S. The van der Waals surface area contributed by atoms with Crippen LogP contribution in [-0.2, 0) is 6.61 Å². The van der Waals surface area contributed by atoms with Crippen LogP contribution < -0.4 is 9.64 Å². The Morgan fingerprint density at radius 1 is 0.871 bits per heavy atom. The van der Waals surface area contributed by atoms with Gasteiger partial charge >= 0.3 is 0 Å². The van der Waals surface area contributed by atoms with E-state index in [0.717, 1.165) is 35.8 Å². The first-order valence-corrected chi connectivity index (χ1v) is 11.2. The summed E-state index contributed by atoms with van der Waals surface area (Å²) in [6.45, 7) is 3.47. The lowest BCUT2D eigenvalue weighted by Gasteiger charge is -2.35. The Bertz CT molecular complexity index is 1170. The Kier molecular flexibility index (Phi) is 5.54. The molecule has 0 bridgehead atoms. The lowest BCUT2D eigenvalue weighted by molar-refractivity contribution is 0.0746. The van der Waals surface area contributed by atoms with Crippen LogP contribution in [0.15, 0.2) is 78.9 Å². The molecule has 5 nitrogen and oxygen atoms in total. The van der Waals surface area contributed by atoms with Crippen molar-refractivity contribution >= 4 is 33.3 Å². The van der Waals surface area contributed by atoms with Crippen LogP contribution in [0.2, 0.25) is 0 Å². The highest BCUT2D eigenvalue weighted by Crippen LogP contribution is 2.30. The molecule has 1 fully saturated rings. The van der Waals surface area contributed by atoms with Crippen LogP contribution in [0, 0.1) is 0 Å². The Labute approximate surface area is 185 Å². The van der Waals surface area contributed by atoms with Gasteiger partial charge in [0.05, 0.1) is 4.70 Å². The zero-order valence-electron chi connectivity index (χ0n) is 17.1. The maximum absolute atomic E-state index is 13.0. The third-order valence-electron chi connectivity index (χ3n) is 5.57. The summed E-state index contributed by atoms with van der Waals surface area (Å²) < 4.78 is 11.6. The standard InChI is InChI=1S/C25H23N3O2S/c29-25(20-12-10-19(11-13-20)18-30-21-6-2-1-3-7-21)28-16-14-27(15-17-28)24-22-8-4-5-9-23(22)31-26-24/h1-13H,14-18H2. The van der Waals surface area contributed by atoms with Crippen molar-refractivity contribution in [3.05, 3.63) is 90.0 Å². The normalized spacial score (nSPS) is 14.1. The zero-order chi connectivity index (χ0) is 21.0. The van der Waals surface area contributed by atoms with Gasteiger partial charge in [-0.3, -0.25) is 4.79 Å². The minimum Gasteiger partial charge on any atom is -0.489 e. The summed E-state index contributed by atoms with van der Waals surface area (Å²) in [5.41, 5.74) is 1.76. The molecule has 6 heteroatoms. The molecule has 1 saturated heterocycles. The summed E-state index contributed by atoms with van der Waals surface area (Å²) in [5, 5.41) is 1.19. The highest BCUT2D eigenvalue weighted by molar-refractivity contribution is 7.13. The maximum Gasteiger partial charge on any atom is 0.253 e. The number of amides is 1. The van der Waals surface area contributed by atoms with Crippen LogP contribution in [0.3, 0.4) is 0 Å². The lowest BCUT2D eigenvalue weighted by Crippen LogP contribution is -2.49. The summed E-state index contributed by atoms with van der Waals surface area (Å²) >= 11 is 1.53. The molecule has 0 unspecified atom stereocenters. The Morgan fingerprint density at radius 2 is 1.58 bits per heavy atom. The number of benzene rings is 3. The Balaban J connectivity index is 1.18. The number of hydrogen-bond donors (Lipinski definition) is 0. The summed E-state index contributed by atoms with van der Waals surface area (Å²) in [6.07, 6.45) is 0. The number of anilines is 1. The quantitative estimate of drug-likeness (QED) is 0.456. The largest absolute Gasteiger partial charge is 0.489 e. The predicted octanol–water partition coefficient (Wildman–Crippen LogP) is 4.84. The van der Waals surface area contributed by atoms with Gasteiger partial charge in [-0.2, -0.15) is 4.37 Å². The van der Waals surface area contributed by atoms with Crippen molar-refractivity contribution in [2.75, 3.05) is 31.1 Å². The molecule has 1 amide bonds. The molecule has 0 atom stereocenters. The fourth-order valence-corrected chi connectivity index (χ4v) is 4.63. The maximum atomic E-state index is 13.0. The van der Waals surface area contributed by atoms with Gasteiger partial charge in [0.15, 0.2) is 0 Å². The minimum atomic E-state index is 0.0818. The van der Waals surface area contributed by atoms with Crippen LogP contribution in [0.1, 0.15) is 15.9 Å². The molecule has 0 N–H and O–H groups in total. The second-order valence-corrected chi connectivity index (χ2v) is 8.39. The van der Waals surface area contributed by atoms with Crippen molar-refractivity contribution in [3.63, 3.8) is 0 Å². The molecule has 5 rings (SSSR count). The Morgan fingerprint density at radius 3 is 2.35 bits per heavy atom.